The number of hydrogen-bond donors (Lipinski definition) is 1. The number of rotatable bonds is 5. The Bertz CT molecular complexity index is 1020. The van der Waals surface area contributed by atoms with Crippen LogP contribution in [0.4, 0.5) is 5.88 Å². The van der Waals surface area contributed by atoms with Crippen LogP contribution in [0.25, 0.3) is 11.3 Å². The van der Waals surface area contributed by atoms with Crippen molar-refractivity contribution in [3.8, 4) is 11.3 Å². The molecule has 0 aliphatic heterocycles. The Kier molecular flexibility index (Phi) is 4.84. The van der Waals surface area contributed by atoms with Crippen LogP contribution in [0.2, 0.25) is 0 Å². The zero-order valence-electron chi connectivity index (χ0n) is 14.9. The summed E-state index contributed by atoms with van der Waals surface area (Å²) in [5, 5.41) is 3.93. The molecule has 28 heavy (non-hydrogen) atoms. The number of pyridine rings is 1. The van der Waals surface area contributed by atoms with E-state index in [4.69, 9.17) is 15.0 Å². The van der Waals surface area contributed by atoms with Gasteiger partial charge in [0.2, 0.25) is 5.88 Å². The van der Waals surface area contributed by atoms with E-state index in [2.05, 4.69) is 10.1 Å². The van der Waals surface area contributed by atoms with Gasteiger partial charge in [0.05, 0.1) is 0 Å². The standard InChI is InChI=1S/C22H17N3O3/c23-21-18(19(25-28-21)15-11-13-24-14-12-15)22(26)27-20(16-7-3-1-4-8-16)17-9-5-2-6-10-17/h1-14,20H,23H2. The average molecular weight is 371 g/mol. The minimum atomic E-state index is -0.608. The highest BCUT2D eigenvalue weighted by atomic mass is 16.5. The van der Waals surface area contributed by atoms with Gasteiger partial charge in [0.15, 0.2) is 11.7 Å². The largest absolute Gasteiger partial charge is 0.449 e. The van der Waals surface area contributed by atoms with E-state index in [1.165, 1.54) is 0 Å². The normalized spacial score (nSPS) is 10.8. The zero-order chi connectivity index (χ0) is 19.3. The lowest BCUT2D eigenvalue weighted by Crippen LogP contribution is -2.14. The third-order valence-corrected chi connectivity index (χ3v) is 4.31. The lowest BCUT2D eigenvalue weighted by Gasteiger charge is -2.19. The fourth-order valence-corrected chi connectivity index (χ4v) is 2.96. The highest BCUT2D eigenvalue weighted by molar-refractivity contribution is 6.00. The number of carbonyl (C=O) groups excluding carboxylic acids is 1. The molecule has 0 atom stereocenters. The summed E-state index contributed by atoms with van der Waals surface area (Å²) in [5.74, 6) is -0.694. The molecule has 2 aromatic carbocycles. The van der Waals surface area contributed by atoms with Gasteiger partial charge >= 0.3 is 5.97 Å². The lowest BCUT2D eigenvalue weighted by molar-refractivity contribution is 0.0380. The van der Waals surface area contributed by atoms with E-state index in [1.54, 1.807) is 24.5 Å². The van der Waals surface area contributed by atoms with Crippen LogP contribution in [-0.2, 0) is 4.74 Å². The van der Waals surface area contributed by atoms with Crippen molar-refractivity contribution in [1.29, 1.82) is 0 Å². The Morgan fingerprint density at radius 3 is 2.04 bits per heavy atom. The van der Waals surface area contributed by atoms with Crippen LogP contribution >= 0.6 is 0 Å². The monoisotopic (exact) mass is 371 g/mol. The molecule has 0 saturated heterocycles. The van der Waals surface area contributed by atoms with Gasteiger partial charge in [-0.1, -0.05) is 65.8 Å². The maximum atomic E-state index is 13.1. The van der Waals surface area contributed by atoms with Crippen molar-refractivity contribution in [3.05, 3.63) is 102 Å². The summed E-state index contributed by atoms with van der Waals surface area (Å²) in [6.45, 7) is 0. The topological polar surface area (TPSA) is 91.2 Å². The second kappa shape index (κ2) is 7.75. The summed E-state index contributed by atoms with van der Waals surface area (Å²) in [6.07, 6.45) is 2.62. The molecule has 4 aromatic rings. The van der Waals surface area contributed by atoms with E-state index in [0.717, 1.165) is 11.1 Å². The van der Waals surface area contributed by atoms with Gasteiger partial charge in [0.25, 0.3) is 0 Å². The van der Waals surface area contributed by atoms with Crippen LogP contribution in [-0.4, -0.2) is 16.1 Å². The van der Waals surface area contributed by atoms with Gasteiger partial charge in [0.1, 0.15) is 5.69 Å². The van der Waals surface area contributed by atoms with E-state index in [1.807, 2.05) is 60.7 Å². The molecular formula is C22H17N3O3. The maximum absolute atomic E-state index is 13.1. The molecule has 2 N–H and O–H groups in total. The quantitative estimate of drug-likeness (QED) is 0.527. The van der Waals surface area contributed by atoms with Crippen molar-refractivity contribution in [2.24, 2.45) is 0 Å². The molecular weight excluding hydrogens is 354 g/mol. The number of benzene rings is 2. The van der Waals surface area contributed by atoms with Gasteiger partial charge in [-0.2, -0.15) is 0 Å². The first-order chi connectivity index (χ1) is 13.7. The average Bonchev–Trinajstić information content (AvgIpc) is 3.15. The number of hydrogen-bond acceptors (Lipinski definition) is 6. The maximum Gasteiger partial charge on any atom is 0.347 e. The number of nitrogens with zero attached hydrogens (tertiary/aromatic N) is 2. The second-order valence-corrected chi connectivity index (χ2v) is 6.11. The molecule has 0 aliphatic rings. The van der Waals surface area contributed by atoms with Crippen molar-refractivity contribution < 1.29 is 14.1 Å². The number of carbonyl (C=O) groups is 1. The molecule has 0 unspecified atom stereocenters. The Morgan fingerprint density at radius 1 is 0.893 bits per heavy atom. The predicted octanol–water partition coefficient (Wildman–Crippen LogP) is 4.27. The van der Waals surface area contributed by atoms with Crippen LogP contribution in [0.1, 0.15) is 27.6 Å². The van der Waals surface area contributed by atoms with Crippen LogP contribution in [0.5, 0.6) is 0 Å². The number of aromatic nitrogens is 2. The first kappa shape index (κ1) is 17.5. The number of esters is 1. The summed E-state index contributed by atoms with van der Waals surface area (Å²) < 4.78 is 10.9. The van der Waals surface area contributed by atoms with Crippen molar-refractivity contribution in [1.82, 2.24) is 10.1 Å². The molecule has 2 aromatic heterocycles. The van der Waals surface area contributed by atoms with Crippen molar-refractivity contribution >= 4 is 11.9 Å². The predicted molar refractivity (Wildman–Crippen MR) is 104 cm³/mol. The molecule has 4 rings (SSSR count). The fraction of sp³-hybridized carbons (Fsp3) is 0.0455. The van der Waals surface area contributed by atoms with Crippen molar-refractivity contribution in [2.75, 3.05) is 5.73 Å². The third kappa shape index (κ3) is 3.48. The van der Waals surface area contributed by atoms with Gasteiger partial charge in [-0.3, -0.25) is 4.98 Å². The van der Waals surface area contributed by atoms with E-state index in [9.17, 15) is 4.79 Å². The van der Waals surface area contributed by atoms with Crippen LogP contribution in [0.15, 0.2) is 89.7 Å². The Morgan fingerprint density at radius 2 is 1.46 bits per heavy atom. The number of nitrogens with two attached hydrogens (primary N) is 1. The Labute approximate surface area is 161 Å². The lowest BCUT2D eigenvalue weighted by atomic mass is 10.0. The van der Waals surface area contributed by atoms with Gasteiger partial charge in [-0.05, 0) is 23.3 Å². The number of ether oxygens (including phenoxy) is 1. The zero-order valence-corrected chi connectivity index (χ0v) is 14.9. The van der Waals surface area contributed by atoms with Gasteiger partial charge < -0.3 is 15.0 Å². The molecule has 0 bridgehead atoms. The summed E-state index contributed by atoms with van der Waals surface area (Å²) >= 11 is 0. The molecule has 0 amide bonds. The third-order valence-electron chi connectivity index (χ3n) is 4.31. The minimum Gasteiger partial charge on any atom is -0.449 e. The molecule has 0 spiro atoms. The molecule has 2 heterocycles. The molecule has 6 heteroatoms. The van der Waals surface area contributed by atoms with Crippen molar-refractivity contribution in [3.63, 3.8) is 0 Å². The SMILES string of the molecule is Nc1onc(-c2ccncc2)c1C(=O)OC(c1ccccc1)c1ccccc1. The van der Waals surface area contributed by atoms with Gasteiger partial charge in [-0.25, -0.2) is 4.79 Å². The molecule has 0 saturated carbocycles. The summed E-state index contributed by atoms with van der Waals surface area (Å²) in [6, 6.07) is 22.5. The molecule has 0 radical (unpaired) electrons. The number of nitrogen functional groups attached to an aromatic ring is 1. The molecule has 0 aliphatic carbocycles. The van der Waals surface area contributed by atoms with E-state index in [-0.39, 0.29) is 11.4 Å². The molecule has 138 valence electrons. The smallest absolute Gasteiger partial charge is 0.347 e. The van der Waals surface area contributed by atoms with E-state index in [0.29, 0.717) is 11.3 Å². The van der Waals surface area contributed by atoms with Crippen LogP contribution in [0.3, 0.4) is 0 Å². The summed E-state index contributed by atoms with van der Waals surface area (Å²) in [5.41, 5.74) is 8.68. The van der Waals surface area contributed by atoms with Crippen LogP contribution in [0, 0.1) is 0 Å². The molecule has 6 nitrogen and oxygen atoms in total. The van der Waals surface area contributed by atoms with Gasteiger partial charge in [-0.15, -0.1) is 0 Å². The summed E-state index contributed by atoms with van der Waals surface area (Å²) in [7, 11) is 0. The summed E-state index contributed by atoms with van der Waals surface area (Å²) in [4.78, 5) is 17.0. The first-order valence-corrected chi connectivity index (χ1v) is 8.70. The number of anilines is 1. The van der Waals surface area contributed by atoms with Crippen LogP contribution < -0.4 is 5.73 Å². The van der Waals surface area contributed by atoms with Gasteiger partial charge in [0, 0.05) is 18.0 Å². The highest BCUT2D eigenvalue weighted by Gasteiger charge is 2.27. The highest BCUT2D eigenvalue weighted by Crippen LogP contribution is 2.32. The second-order valence-electron chi connectivity index (χ2n) is 6.11. The first-order valence-electron chi connectivity index (χ1n) is 8.70. The minimum absolute atomic E-state index is 0.0864. The fourth-order valence-electron chi connectivity index (χ4n) is 2.96. The Hall–Kier alpha value is -3.93. The van der Waals surface area contributed by atoms with Crippen molar-refractivity contribution in [2.45, 2.75) is 6.10 Å². The van der Waals surface area contributed by atoms with E-state index < -0.39 is 12.1 Å². The Balaban J connectivity index is 1.71. The van der Waals surface area contributed by atoms with E-state index >= 15 is 0 Å². The molecule has 0 fully saturated rings.